The minimum absolute atomic E-state index is 0.0657. The number of amides is 1. The Labute approximate surface area is 90.6 Å². The van der Waals surface area contributed by atoms with E-state index < -0.39 is 11.9 Å². The molecule has 0 aromatic heterocycles. The van der Waals surface area contributed by atoms with Crippen LogP contribution in [0.15, 0.2) is 0 Å². The molecule has 0 N–H and O–H groups in total. The van der Waals surface area contributed by atoms with Gasteiger partial charge in [0, 0.05) is 13.1 Å². The monoisotopic (exact) mass is 213 g/mol. The maximum atomic E-state index is 12.0. The van der Waals surface area contributed by atoms with Crippen molar-refractivity contribution in [2.75, 3.05) is 20.2 Å². The summed E-state index contributed by atoms with van der Waals surface area (Å²) in [5.74, 6) is -1.08. The number of hydrogen-bond donors (Lipinski definition) is 0. The van der Waals surface area contributed by atoms with Crippen molar-refractivity contribution >= 4 is 11.9 Å². The zero-order chi connectivity index (χ0) is 11.3. The molecule has 1 aliphatic rings. The van der Waals surface area contributed by atoms with Crippen molar-refractivity contribution in [3.05, 3.63) is 0 Å². The quantitative estimate of drug-likeness (QED) is 0.522. The molecule has 86 valence electrons. The van der Waals surface area contributed by atoms with Crippen LogP contribution in [0.1, 0.15) is 32.6 Å². The highest BCUT2D eigenvalue weighted by atomic mass is 16.5. The molecule has 0 aliphatic carbocycles. The standard InChI is InChI=1S/C11H19NO3/c1-3-9(11(14)15-2)10(13)12-7-5-4-6-8-12/h9H,3-8H2,1-2H3. The number of ether oxygens (including phenoxy) is 1. The van der Waals surface area contributed by atoms with Gasteiger partial charge in [-0.2, -0.15) is 0 Å². The Kier molecular flexibility index (Phi) is 4.59. The molecule has 1 aliphatic heterocycles. The summed E-state index contributed by atoms with van der Waals surface area (Å²) in [6.45, 7) is 3.40. The van der Waals surface area contributed by atoms with Gasteiger partial charge in [0.1, 0.15) is 5.92 Å². The molecule has 1 saturated heterocycles. The normalized spacial score (nSPS) is 18.4. The number of nitrogens with zero attached hydrogens (tertiary/aromatic N) is 1. The van der Waals surface area contributed by atoms with Gasteiger partial charge in [0.15, 0.2) is 0 Å². The van der Waals surface area contributed by atoms with Crippen molar-refractivity contribution in [2.45, 2.75) is 32.6 Å². The van der Waals surface area contributed by atoms with Crippen molar-refractivity contribution in [1.82, 2.24) is 4.90 Å². The van der Waals surface area contributed by atoms with E-state index in [2.05, 4.69) is 4.74 Å². The molecule has 1 heterocycles. The first kappa shape index (κ1) is 12.0. The molecule has 0 saturated carbocycles. The second-order valence-corrected chi connectivity index (χ2v) is 3.87. The van der Waals surface area contributed by atoms with Crippen molar-refractivity contribution in [1.29, 1.82) is 0 Å². The minimum Gasteiger partial charge on any atom is -0.468 e. The Bertz CT molecular complexity index is 234. The van der Waals surface area contributed by atoms with Gasteiger partial charge in [0.2, 0.25) is 5.91 Å². The Hall–Kier alpha value is -1.06. The summed E-state index contributed by atoms with van der Waals surface area (Å²) in [6.07, 6.45) is 3.79. The topological polar surface area (TPSA) is 46.6 Å². The predicted molar refractivity (Wildman–Crippen MR) is 56.2 cm³/mol. The number of hydrogen-bond acceptors (Lipinski definition) is 3. The fraction of sp³-hybridized carbons (Fsp3) is 0.818. The highest BCUT2D eigenvalue weighted by Crippen LogP contribution is 2.15. The smallest absolute Gasteiger partial charge is 0.318 e. The Morgan fingerprint density at radius 2 is 1.87 bits per heavy atom. The van der Waals surface area contributed by atoms with Gasteiger partial charge in [0.05, 0.1) is 7.11 Å². The summed E-state index contributed by atoms with van der Waals surface area (Å²) >= 11 is 0. The lowest BCUT2D eigenvalue weighted by molar-refractivity contribution is -0.154. The van der Waals surface area contributed by atoms with Crippen molar-refractivity contribution in [2.24, 2.45) is 5.92 Å². The minimum atomic E-state index is -0.604. The molecule has 4 heteroatoms. The second kappa shape index (κ2) is 5.73. The summed E-state index contributed by atoms with van der Waals surface area (Å²) in [6, 6.07) is 0. The van der Waals surface area contributed by atoms with E-state index >= 15 is 0 Å². The SMILES string of the molecule is CCC(C(=O)OC)C(=O)N1CCCCC1. The fourth-order valence-electron chi connectivity index (χ4n) is 1.92. The van der Waals surface area contributed by atoms with Gasteiger partial charge in [-0.1, -0.05) is 6.92 Å². The van der Waals surface area contributed by atoms with Gasteiger partial charge >= 0.3 is 5.97 Å². The van der Waals surface area contributed by atoms with Crippen LogP contribution in [0.3, 0.4) is 0 Å². The van der Waals surface area contributed by atoms with Crippen LogP contribution in [0.4, 0.5) is 0 Å². The Morgan fingerprint density at radius 1 is 1.27 bits per heavy atom. The number of carbonyl (C=O) groups excluding carboxylic acids is 2. The Morgan fingerprint density at radius 3 is 2.33 bits per heavy atom. The lowest BCUT2D eigenvalue weighted by Crippen LogP contribution is -2.42. The van der Waals surface area contributed by atoms with E-state index in [9.17, 15) is 9.59 Å². The number of carbonyl (C=O) groups is 2. The van der Waals surface area contributed by atoms with Crippen LogP contribution >= 0.6 is 0 Å². The molecule has 1 unspecified atom stereocenters. The zero-order valence-electron chi connectivity index (χ0n) is 9.49. The van der Waals surface area contributed by atoms with Crippen molar-refractivity contribution in [3.8, 4) is 0 Å². The highest BCUT2D eigenvalue weighted by Gasteiger charge is 2.30. The molecule has 4 nitrogen and oxygen atoms in total. The van der Waals surface area contributed by atoms with Crippen LogP contribution in [0.25, 0.3) is 0 Å². The summed E-state index contributed by atoms with van der Waals surface area (Å²) in [5.41, 5.74) is 0. The molecule has 15 heavy (non-hydrogen) atoms. The lowest BCUT2D eigenvalue weighted by atomic mass is 10.0. The predicted octanol–water partition coefficient (Wildman–Crippen LogP) is 1.20. The van der Waals surface area contributed by atoms with E-state index in [1.807, 2.05) is 6.92 Å². The van der Waals surface area contributed by atoms with Crippen molar-refractivity contribution in [3.63, 3.8) is 0 Å². The van der Waals surface area contributed by atoms with Crippen LogP contribution < -0.4 is 0 Å². The van der Waals surface area contributed by atoms with Gasteiger partial charge in [-0.05, 0) is 25.7 Å². The average molecular weight is 213 g/mol. The first-order valence-corrected chi connectivity index (χ1v) is 5.57. The third-order valence-electron chi connectivity index (χ3n) is 2.86. The molecule has 0 aromatic carbocycles. The maximum Gasteiger partial charge on any atom is 0.318 e. The Balaban J connectivity index is 2.58. The van der Waals surface area contributed by atoms with Crippen LogP contribution in [-0.4, -0.2) is 37.0 Å². The van der Waals surface area contributed by atoms with Gasteiger partial charge in [-0.15, -0.1) is 0 Å². The van der Waals surface area contributed by atoms with E-state index in [-0.39, 0.29) is 5.91 Å². The second-order valence-electron chi connectivity index (χ2n) is 3.87. The molecule has 0 bridgehead atoms. The number of rotatable bonds is 3. The van der Waals surface area contributed by atoms with E-state index in [1.54, 1.807) is 4.90 Å². The molecule has 1 fully saturated rings. The van der Waals surface area contributed by atoms with Crippen molar-refractivity contribution < 1.29 is 14.3 Å². The van der Waals surface area contributed by atoms with Gasteiger partial charge in [-0.25, -0.2) is 0 Å². The summed E-state index contributed by atoms with van der Waals surface area (Å²) in [5, 5.41) is 0. The van der Waals surface area contributed by atoms with Gasteiger partial charge < -0.3 is 9.64 Å². The first-order chi connectivity index (χ1) is 7.20. The summed E-state index contributed by atoms with van der Waals surface area (Å²) in [7, 11) is 1.33. The van der Waals surface area contributed by atoms with Crippen LogP contribution in [0, 0.1) is 5.92 Å². The summed E-state index contributed by atoms with van der Waals surface area (Å²) < 4.78 is 4.63. The molecule has 0 radical (unpaired) electrons. The van der Waals surface area contributed by atoms with E-state index in [1.165, 1.54) is 13.5 Å². The van der Waals surface area contributed by atoms with Gasteiger partial charge in [0.25, 0.3) is 0 Å². The molecule has 1 amide bonds. The first-order valence-electron chi connectivity index (χ1n) is 5.57. The van der Waals surface area contributed by atoms with E-state index in [4.69, 9.17) is 0 Å². The number of likely N-dealkylation sites (tertiary alicyclic amines) is 1. The van der Waals surface area contributed by atoms with E-state index in [0.29, 0.717) is 6.42 Å². The van der Waals surface area contributed by atoms with Gasteiger partial charge in [-0.3, -0.25) is 9.59 Å². The molecule has 1 atom stereocenters. The lowest BCUT2D eigenvalue weighted by Gasteiger charge is -2.29. The highest BCUT2D eigenvalue weighted by molar-refractivity contribution is 5.97. The molecular formula is C11H19NO3. The number of esters is 1. The van der Waals surface area contributed by atoms with Crippen LogP contribution in [0.2, 0.25) is 0 Å². The van der Waals surface area contributed by atoms with Crippen LogP contribution in [-0.2, 0) is 14.3 Å². The molecule has 0 aromatic rings. The fourth-order valence-corrected chi connectivity index (χ4v) is 1.92. The largest absolute Gasteiger partial charge is 0.468 e. The molecular weight excluding hydrogens is 194 g/mol. The molecule has 0 spiro atoms. The number of piperidine rings is 1. The molecule has 1 rings (SSSR count). The van der Waals surface area contributed by atoms with E-state index in [0.717, 1.165) is 25.9 Å². The average Bonchev–Trinajstić information content (AvgIpc) is 2.30. The third kappa shape index (κ3) is 2.94. The summed E-state index contributed by atoms with van der Waals surface area (Å²) in [4.78, 5) is 25.1. The third-order valence-corrected chi connectivity index (χ3v) is 2.86. The maximum absolute atomic E-state index is 12.0. The number of methoxy groups -OCH3 is 1. The zero-order valence-corrected chi connectivity index (χ0v) is 9.49. The van der Waals surface area contributed by atoms with Crippen LogP contribution in [0.5, 0.6) is 0 Å².